The summed E-state index contributed by atoms with van der Waals surface area (Å²) in [6, 6.07) is 13.0. The molecule has 1 heterocycles. The van der Waals surface area contributed by atoms with E-state index in [4.69, 9.17) is 9.47 Å². The summed E-state index contributed by atoms with van der Waals surface area (Å²) in [6.45, 7) is 8.82. The van der Waals surface area contributed by atoms with Gasteiger partial charge in [-0.25, -0.2) is 4.79 Å². The molecule has 0 saturated heterocycles. The van der Waals surface area contributed by atoms with E-state index in [1.165, 1.54) is 26.0 Å². The molecule has 0 fully saturated rings. The molecule has 0 saturated carbocycles. The van der Waals surface area contributed by atoms with Crippen LogP contribution in [-0.4, -0.2) is 58.1 Å². The molecule has 0 aromatic heterocycles. The van der Waals surface area contributed by atoms with Crippen LogP contribution in [0, 0.1) is 10.1 Å². The minimum absolute atomic E-state index is 0.0472. The van der Waals surface area contributed by atoms with Crippen molar-refractivity contribution in [3.05, 3.63) is 75.3 Å². The number of nitrogens with one attached hydrogen (secondary N) is 2. The Morgan fingerprint density at radius 3 is 2.38 bits per heavy atom. The van der Waals surface area contributed by atoms with Crippen LogP contribution < -0.4 is 10.6 Å². The number of fused-ring (bicyclic) bond motifs is 1. The number of ether oxygens (including phenoxy) is 2. The van der Waals surface area contributed by atoms with Crippen molar-refractivity contribution in [3.63, 3.8) is 0 Å². The van der Waals surface area contributed by atoms with E-state index >= 15 is 0 Å². The van der Waals surface area contributed by atoms with Gasteiger partial charge >= 0.3 is 6.09 Å². The number of nitrogens with zero attached hydrogens (tertiary/aromatic N) is 2. The van der Waals surface area contributed by atoms with Crippen molar-refractivity contribution < 1.29 is 28.8 Å². The average molecular weight is 541 g/mol. The zero-order chi connectivity index (χ0) is 28.8. The monoisotopic (exact) mass is 540 g/mol. The third-order valence-electron chi connectivity index (χ3n) is 6.11. The molecule has 0 aliphatic carbocycles. The minimum Gasteiger partial charge on any atom is -0.444 e. The number of benzene rings is 2. The Kier molecular flexibility index (Phi) is 9.28. The van der Waals surface area contributed by atoms with Crippen molar-refractivity contribution in [2.45, 2.75) is 71.4 Å². The number of nitro benzene ring substituents is 1. The second-order valence-electron chi connectivity index (χ2n) is 11.0. The van der Waals surface area contributed by atoms with E-state index in [2.05, 4.69) is 10.6 Å². The number of carbonyl (C=O) groups is 3. The summed E-state index contributed by atoms with van der Waals surface area (Å²) in [6.07, 6.45) is -0.240. The number of alkyl carbamates (subject to hydrolysis) is 1. The van der Waals surface area contributed by atoms with Crippen LogP contribution in [0.15, 0.2) is 48.5 Å². The Bertz CT molecular complexity index is 1210. The molecule has 1 atom stereocenters. The summed E-state index contributed by atoms with van der Waals surface area (Å²) in [4.78, 5) is 51.5. The highest BCUT2D eigenvalue weighted by Gasteiger charge is 2.36. The fourth-order valence-corrected chi connectivity index (χ4v) is 4.06. The number of rotatable bonds is 9. The number of non-ortho nitro benzene ring substituents is 1. The van der Waals surface area contributed by atoms with Crippen LogP contribution in [0.5, 0.6) is 0 Å². The van der Waals surface area contributed by atoms with Gasteiger partial charge in [-0.1, -0.05) is 36.4 Å². The molecule has 39 heavy (non-hydrogen) atoms. The van der Waals surface area contributed by atoms with Gasteiger partial charge in [0, 0.05) is 25.2 Å². The highest BCUT2D eigenvalue weighted by molar-refractivity contribution is 5.93. The lowest BCUT2D eigenvalue weighted by Crippen LogP contribution is -2.60. The molecule has 0 bridgehead atoms. The molecule has 210 valence electrons. The number of hydrogen-bond acceptors (Lipinski definition) is 7. The number of amides is 3. The summed E-state index contributed by atoms with van der Waals surface area (Å²) in [7, 11) is 0. The zero-order valence-electron chi connectivity index (χ0n) is 23.0. The largest absolute Gasteiger partial charge is 0.444 e. The Labute approximate surface area is 228 Å². The average Bonchev–Trinajstić information content (AvgIpc) is 2.86. The van der Waals surface area contributed by atoms with Crippen LogP contribution in [0.2, 0.25) is 0 Å². The van der Waals surface area contributed by atoms with Gasteiger partial charge in [0.25, 0.3) is 5.69 Å². The quantitative estimate of drug-likeness (QED) is 0.366. The van der Waals surface area contributed by atoms with Gasteiger partial charge in [-0.3, -0.25) is 19.7 Å². The van der Waals surface area contributed by atoms with Gasteiger partial charge in [0.15, 0.2) is 0 Å². The summed E-state index contributed by atoms with van der Waals surface area (Å²) in [5, 5.41) is 16.5. The minimum atomic E-state index is -1.39. The van der Waals surface area contributed by atoms with Crippen molar-refractivity contribution in [2.75, 3.05) is 13.2 Å². The van der Waals surface area contributed by atoms with Gasteiger partial charge in [0.1, 0.15) is 17.2 Å². The van der Waals surface area contributed by atoms with E-state index in [1.54, 1.807) is 31.7 Å². The molecule has 0 radical (unpaired) electrons. The van der Waals surface area contributed by atoms with Gasteiger partial charge in [-0.05, 0) is 57.7 Å². The fourth-order valence-electron chi connectivity index (χ4n) is 4.06. The van der Waals surface area contributed by atoms with Crippen LogP contribution >= 0.6 is 0 Å². The van der Waals surface area contributed by atoms with Crippen molar-refractivity contribution in [1.29, 1.82) is 0 Å². The topological polar surface area (TPSA) is 140 Å². The van der Waals surface area contributed by atoms with Gasteiger partial charge in [0.2, 0.25) is 11.8 Å². The molecule has 3 rings (SSSR count). The summed E-state index contributed by atoms with van der Waals surface area (Å²) in [5.74, 6) is -0.982. The second kappa shape index (κ2) is 12.2. The van der Waals surface area contributed by atoms with E-state index in [0.29, 0.717) is 18.5 Å². The lowest BCUT2D eigenvalue weighted by molar-refractivity contribution is -0.385. The molecule has 3 amide bonds. The maximum absolute atomic E-state index is 13.6. The molecule has 2 aromatic rings. The van der Waals surface area contributed by atoms with Crippen LogP contribution in [0.3, 0.4) is 0 Å². The third-order valence-corrected chi connectivity index (χ3v) is 6.11. The fraction of sp³-hybridized carbons (Fsp3) is 0.464. The molecule has 1 aliphatic rings. The summed E-state index contributed by atoms with van der Waals surface area (Å²) in [5.41, 5.74) is 0.338. The summed E-state index contributed by atoms with van der Waals surface area (Å²) >= 11 is 0. The first-order valence-electron chi connectivity index (χ1n) is 12.7. The molecule has 0 unspecified atom stereocenters. The molecule has 2 N–H and O–H groups in total. The maximum atomic E-state index is 13.6. The Morgan fingerprint density at radius 1 is 1.05 bits per heavy atom. The van der Waals surface area contributed by atoms with E-state index in [0.717, 1.165) is 11.1 Å². The van der Waals surface area contributed by atoms with Crippen molar-refractivity contribution >= 4 is 23.6 Å². The molecule has 0 spiro atoms. The van der Waals surface area contributed by atoms with Crippen molar-refractivity contribution in [2.24, 2.45) is 0 Å². The van der Waals surface area contributed by atoms with Crippen LogP contribution in [0.1, 0.15) is 51.3 Å². The third kappa shape index (κ3) is 8.51. The van der Waals surface area contributed by atoms with Crippen molar-refractivity contribution in [3.8, 4) is 0 Å². The van der Waals surface area contributed by atoms with Crippen LogP contribution in [-0.2, 0) is 38.6 Å². The highest BCUT2D eigenvalue weighted by atomic mass is 16.6. The molecule has 11 heteroatoms. The lowest BCUT2D eigenvalue weighted by atomic mass is 9.98. The molecule has 2 aromatic carbocycles. The number of carbonyl (C=O) groups excluding carboxylic acids is 3. The van der Waals surface area contributed by atoms with Gasteiger partial charge in [-0.15, -0.1) is 0 Å². The first-order valence-corrected chi connectivity index (χ1v) is 12.7. The Morgan fingerprint density at radius 2 is 1.74 bits per heavy atom. The van der Waals surface area contributed by atoms with Crippen LogP contribution in [0.4, 0.5) is 10.5 Å². The van der Waals surface area contributed by atoms with E-state index < -0.39 is 34.1 Å². The number of nitro groups is 1. The van der Waals surface area contributed by atoms with Gasteiger partial charge in [0.05, 0.1) is 18.1 Å². The second-order valence-corrected chi connectivity index (χ2v) is 11.0. The standard InChI is InChI=1S/C28H36N4O7/c1-27(2,3)39-26(35)30-28(4,5)25(34)29-23(18-38-17-19-9-7-6-8-10-19)24(33)31-14-13-20-11-12-22(32(36)37)15-21(20)16-31/h6-12,15,23H,13-14,16-18H2,1-5H3,(H,29,34)(H,30,35)/t23-/m1/s1. The van der Waals surface area contributed by atoms with E-state index in [1.807, 2.05) is 30.3 Å². The maximum Gasteiger partial charge on any atom is 0.408 e. The molecule has 1 aliphatic heterocycles. The van der Waals surface area contributed by atoms with Crippen LogP contribution in [0.25, 0.3) is 0 Å². The van der Waals surface area contributed by atoms with E-state index in [-0.39, 0.29) is 31.4 Å². The van der Waals surface area contributed by atoms with Gasteiger partial charge < -0.3 is 25.0 Å². The number of hydrogen-bond donors (Lipinski definition) is 2. The SMILES string of the molecule is CC(C)(C)OC(=O)NC(C)(C)C(=O)N[C@H](COCc1ccccc1)C(=O)N1CCc2ccc([N+](=O)[O-])cc2C1. The van der Waals surface area contributed by atoms with Gasteiger partial charge in [-0.2, -0.15) is 0 Å². The lowest BCUT2D eigenvalue weighted by Gasteiger charge is -2.33. The first-order chi connectivity index (χ1) is 18.2. The summed E-state index contributed by atoms with van der Waals surface area (Å²) < 4.78 is 11.1. The smallest absolute Gasteiger partial charge is 0.408 e. The Balaban J connectivity index is 1.75. The highest BCUT2D eigenvalue weighted by Crippen LogP contribution is 2.24. The predicted octanol–water partition coefficient (Wildman–Crippen LogP) is 3.48. The van der Waals surface area contributed by atoms with E-state index in [9.17, 15) is 24.5 Å². The normalized spacial score (nSPS) is 14.1. The molecular formula is C28H36N4O7. The van der Waals surface area contributed by atoms with Crippen molar-refractivity contribution in [1.82, 2.24) is 15.5 Å². The Hall–Kier alpha value is -3.99. The molecular weight excluding hydrogens is 504 g/mol. The molecule has 11 nitrogen and oxygen atoms in total. The zero-order valence-corrected chi connectivity index (χ0v) is 23.0. The predicted molar refractivity (Wildman–Crippen MR) is 144 cm³/mol. The first kappa shape index (κ1) is 29.6.